The molecule has 0 radical (unpaired) electrons. The standard InChI is InChI=1S/C14H30N2O2/c1-6-16(7-2)12-8-10-15-11-9-13(17)18-14(3,4)5/h15H,6-12H2,1-5H3. The Morgan fingerprint density at radius 3 is 2.28 bits per heavy atom. The summed E-state index contributed by atoms with van der Waals surface area (Å²) in [4.78, 5) is 13.8. The summed E-state index contributed by atoms with van der Waals surface area (Å²) in [6, 6.07) is 0. The Morgan fingerprint density at radius 2 is 1.78 bits per heavy atom. The van der Waals surface area contributed by atoms with Crippen molar-refractivity contribution in [3.05, 3.63) is 0 Å². The molecule has 0 aromatic rings. The van der Waals surface area contributed by atoms with Gasteiger partial charge in [0, 0.05) is 6.54 Å². The molecule has 108 valence electrons. The second kappa shape index (κ2) is 9.34. The van der Waals surface area contributed by atoms with Crippen LogP contribution in [-0.2, 0) is 9.53 Å². The van der Waals surface area contributed by atoms with Crippen LogP contribution >= 0.6 is 0 Å². The van der Waals surface area contributed by atoms with E-state index in [1.165, 1.54) is 0 Å². The highest BCUT2D eigenvalue weighted by Crippen LogP contribution is 2.07. The van der Waals surface area contributed by atoms with E-state index in [4.69, 9.17) is 4.74 Å². The first-order chi connectivity index (χ1) is 8.39. The van der Waals surface area contributed by atoms with Gasteiger partial charge in [-0.2, -0.15) is 0 Å². The average molecular weight is 258 g/mol. The van der Waals surface area contributed by atoms with E-state index in [0.717, 1.165) is 32.6 Å². The van der Waals surface area contributed by atoms with Crippen molar-refractivity contribution in [3.63, 3.8) is 0 Å². The number of hydrogen-bond donors (Lipinski definition) is 1. The van der Waals surface area contributed by atoms with Crippen LogP contribution in [0.25, 0.3) is 0 Å². The van der Waals surface area contributed by atoms with Gasteiger partial charge in [0.2, 0.25) is 0 Å². The molecule has 0 atom stereocenters. The van der Waals surface area contributed by atoms with Gasteiger partial charge >= 0.3 is 5.97 Å². The topological polar surface area (TPSA) is 41.6 Å². The summed E-state index contributed by atoms with van der Waals surface area (Å²) >= 11 is 0. The molecular formula is C14H30N2O2. The van der Waals surface area contributed by atoms with Crippen LogP contribution in [0.2, 0.25) is 0 Å². The lowest BCUT2D eigenvalue weighted by Gasteiger charge is -2.19. The fraction of sp³-hybridized carbons (Fsp3) is 0.929. The maximum absolute atomic E-state index is 11.4. The van der Waals surface area contributed by atoms with Crippen molar-refractivity contribution in [1.82, 2.24) is 10.2 Å². The van der Waals surface area contributed by atoms with E-state index >= 15 is 0 Å². The van der Waals surface area contributed by atoms with E-state index in [9.17, 15) is 4.79 Å². The molecule has 0 heterocycles. The summed E-state index contributed by atoms with van der Waals surface area (Å²) < 4.78 is 5.23. The third-order valence-electron chi connectivity index (χ3n) is 2.65. The normalized spacial score (nSPS) is 11.9. The summed E-state index contributed by atoms with van der Waals surface area (Å²) in [5.41, 5.74) is -0.375. The third-order valence-corrected chi connectivity index (χ3v) is 2.65. The van der Waals surface area contributed by atoms with E-state index in [-0.39, 0.29) is 11.6 Å². The SMILES string of the molecule is CCN(CC)CCCNCCC(=O)OC(C)(C)C. The van der Waals surface area contributed by atoms with Crippen LogP contribution in [0.15, 0.2) is 0 Å². The molecule has 1 N–H and O–H groups in total. The lowest BCUT2D eigenvalue weighted by Crippen LogP contribution is -2.29. The molecule has 0 saturated carbocycles. The highest BCUT2D eigenvalue weighted by Gasteiger charge is 2.15. The van der Waals surface area contributed by atoms with E-state index < -0.39 is 0 Å². The minimum atomic E-state index is -0.375. The Balaban J connectivity index is 3.43. The Bertz CT molecular complexity index is 220. The summed E-state index contributed by atoms with van der Waals surface area (Å²) in [5, 5.41) is 3.28. The van der Waals surface area contributed by atoms with Crippen molar-refractivity contribution in [2.24, 2.45) is 0 Å². The number of nitrogens with zero attached hydrogens (tertiary/aromatic N) is 1. The Morgan fingerprint density at radius 1 is 1.17 bits per heavy atom. The molecule has 0 aromatic heterocycles. The number of hydrogen-bond acceptors (Lipinski definition) is 4. The molecule has 4 heteroatoms. The van der Waals surface area contributed by atoms with Crippen molar-refractivity contribution >= 4 is 5.97 Å². The minimum Gasteiger partial charge on any atom is -0.460 e. The molecule has 0 aliphatic heterocycles. The van der Waals surface area contributed by atoms with Crippen molar-refractivity contribution < 1.29 is 9.53 Å². The van der Waals surface area contributed by atoms with Crippen LogP contribution in [-0.4, -0.2) is 49.2 Å². The number of rotatable bonds is 9. The van der Waals surface area contributed by atoms with Gasteiger partial charge < -0.3 is 15.0 Å². The second-order valence-corrected chi connectivity index (χ2v) is 5.47. The van der Waals surface area contributed by atoms with Crippen LogP contribution in [0.4, 0.5) is 0 Å². The predicted octanol–water partition coefficient (Wildman–Crippen LogP) is 2.04. The monoisotopic (exact) mass is 258 g/mol. The molecule has 0 aliphatic carbocycles. The smallest absolute Gasteiger partial charge is 0.307 e. The first-order valence-corrected chi connectivity index (χ1v) is 7.04. The third kappa shape index (κ3) is 10.5. The molecule has 0 aromatic carbocycles. The molecular weight excluding hydrogens is 228 g/mol. The summed E-state index contributed by atoms with van der Waals surface area (Å²) in [6.07, 6.45) is 1.57. The number of esters is 1. The predicted molar refractivity (Wildman–Crippen MR) is 75.7 cm³/mol. The Hall–Kier alpha value is -0.610. The summed E-state index contributed by atoms with van der Waals surface area (Å²) in [5.74, 6) is -0.126. The summed E-state index contributed by atoms with van der Waals surface area (Å²) in [7, 11) is 0. The van der Waals surface area contributed by atoms with Crippen molar-refractivity contribution in [1.29, 1.82) is 0 Å². The summed E-state index contributed by atoms with van der Waals surface area (Å²) in [6.45, 7) is 15.0. The number of ether oxygens (including phenoxy) is 1. The molecule has 0 unspecified atom stereocenters. The van der Waals surface area contributed by atoms with E-state index in [0.29, 0.717) is 13.0 Å². The van der Waals surface area contributed by atoms with Gasteiger partial charge in [0.1, 0.15) is 5.60 Å². The molecule has 4 nitrogen and oxygen atoms in total. The zero-order valence-electron chi connectivity index (χ0n) is 12.7. The highest BCUT2D eigenvalue weighted by atomic mass is 16.6. The quantitative estimate of drug-likeness (QED) is 0.507. The van der Waals surface area contributed by atoms with Gasteiger partial charge in [-0.25, -0.2) is 0 Å². The fourth-order valence-electron chi connectivity index (χ4n) is 1.68. The Labute approximate surface area is 112 Å². The zero-order valence-corrected chi connectivity index (χ0v) is 12.7. The van der Waals surface area contributed by atoms with E-state index in [1.807, 2.05) is 20.8 Å². The first kappa shape index (κ1) is 17.4. The van der Waals surface area contributed by atoms with Gasteiger partial charge in [-0.1, -0.05) is 13.8 Å². The highest BCUT2D eigenvalue weighted by molar-refractivity contribution is 5.70. The van der Waals surface area contributed by atoms with Gasteiger partial charge in [0.15, 0.2) is 0 Å². The van der Waals surface area contributed by atoms with Crippen LogP contribution < -0.4 is 5.32 Å². The van der Waals surface area contributed by atoms with Crippen LogP contribution in [0.1, 0.15) is 47.5 Å². The van der Waals surface area contributed by atoms with Crippen molar-refractivity contribution in [2.45, 2.75) is 53.1 Å². The number of carbonyl (C=O) groups is 1. The lowest BCUT2D eigenvalue weighted by molar-refractivity contribution is -0.154. The van der Waals surface area contributed by atoms with Crippen LogP contribution in [0.3, 0.4) is 0 Å². The number of nitrogens with one attached hydrogen (secondary N) is 1. The van der Waals surface area contributed by atoms with Crippen LogP contribution in [0, 0.1) is 0 Å². The van der Waals surface area contributed by atoms with Crippen molar-refractivity contribution in [3.8, 4) is 0 Å². The molecule has 0 rings (SSSR count). The Kier molecular flexibility index (Phi) is 9.02. The molecule has 0 bridgehead atoms. The average Bonchev–Trinajstić information content (AvgIpc) is 2.26. The maximum Gasteiger partial charge on any atom is 0.307 e. The van der Waals surface area contributed by atoms with Crippen molar-refractivity contribution in [2.75, 3.05) is 32.7 Å². The first-order valence-electron chi connectivity index (χ1n) is 7.04. The zero-order chi connectivity index (χ0) is 14.0. The lowest BCUT2D eigenvalue weighted by atomic mass is 10.2. The van der Waals surface area contributed by atoms with Gasteiger partial charge in [-0.05, 0) is 53.4 Å². The fourth-order valence-corrected chi connectivity index (χ4v) is 1.68. The molecule has 0 aliphatic rings. The molecule has 0 amide bonds. The maximum atomic E-state index is 11.4. The molecule has 0 saturated heterocycles. The van der Waals surface area contributed by atoms with Gasteiger partial charge in [-0.3, -0.25) is 4.79 Å². The van der Waals surface area contributed by atoms with E-state index in [1.54, 1.807) is 0 Å². The minimum absolute atomic E-state index is 0.126. The van der Waals surface area contributed by atoms with Gasteiger partial charge in [0.05, 0.1) is 6.42 Å². The molecule has 0 spiro atoms. The second-order valence-electron chi connectivity index (χ2n) is 5.47. The number of carbonyl (C=O) groups excluding carboxylic acids is 1. The molecule has 18 heavy (non-hydrogen) atoms. The van der Waals surface area contributed by atoms with Gasteiger partial charge in [0.25, 0.3) is 0 Å². The van der Waals surface area contributed by atoms with E-state index in [2.05, 4.69) is 24.1 Å². The van der Waals surface area contributed by atoms with Crippen LogP contribution in [0.5, 0.6) is 0 Å². The largest absolute Gasteiger partial charge is 0.460 e. The molecule has 0 fully saturated rings. The van der Waals surface area contributed by atoms with Gasteiger partial charge in [-0.15, -0.1) is 0 Å².